The standard InChI is InChI=1S/C22H23N3O3/c23-13-20(25-21(26)19-5-2-10-24-14-19)11-15-6-8-16(9-7-15)17-3-1-4-18(12-17)22(27)28/h1,3-4,6-9,12,19-20,24H,2,5,10-11,14H2,(H,25,26)(H,27,28). The van der Waals surface area contributed by atoms with Crippen LogP contribution in [0.15, 0.2) is 48.5 Å². The molecule has 0 radical (unpaired) electrons. The summed E-state index contributed by atoms with van der Waals surface area (Å²) in [6, 6.07) is 16.0. The van der Waals surface area contributed by atoms with E-state index in [2.05, 4.69) is 16.7 Å². The maximum atomic E-state index is 12.3. The molecule has 2 atom stereocenters. The molecule has 144 valence electrons. The van der Waals surface area contributed by atoms with Gasteiger partial charge in [0.15, 0.2) is 0 Å². The Labute approximate surface area is 164 Å². The van der Waals surface area contributed by atoms with E-state index in [1.54, 1.807) is 18.2 Å². The van der Waals surface area contributed by atoms with Crippen LogP contribution in [0, 0.1) is 17.2 Å². The Hall–Kier alpha value is -3.17. The minimum atomic E-state index is -0.959. The van der Waals surface area contributed by atoms with Gasteiger partial charge in [0.25, 0.3) is 0 Å². The topological polar surface area (TPSA) is 102 Å². The van der Waals surface area contributed by atoms with Crippen LogP contribution < -0.4 is 10.6 Å². The number of carbonyl (C=O) groups is 2. The predicted octanol–water partition coefficient (Wildman–Crippen LogP) is 2.60. The maximum absolute atomic E-state index is 12.3. The molecular formula is C22H23N3O3. The number of hydrogen-bond acceptors (Lipinski definition) is 4. The summed E-state index contributed by atoms with van der Waals surface area (Å²) in [5.41, 5.74) is 2.90. The zero-order valence-corrected chi connectivity index (χ0v) is 15.5. The quantitative estimate of drug-likeness (QED) is 0.718. The molecule has 6 nitrogen and oxygen atoms in total. The Kier molecular flexibility index (Phi) is 6.41. The van der Waals surface area contributed by atoms with Gasteiger partial charge in [-0.15, -0.1) is 0 Å². The lowest BCUT2D eigenvalue weighted by Crippen LogP contribution is -2.44. The van der Waals surface area contributed by atoms with Crippen LogP contribution in [0.4, 0.5) is 0 Å². The van der Waals surface area contributed by atoms with Crippen LogP contribution in [0.1, 0.15) is 28.8 Å². The van der Waals surface area contributed by atoms with Crippen LogP contribution in [-0.2, 0) is 11.2 Å². The highest BCUT2D eigenvalue weighted by molar-refractivity contribution is 5.89. The van der Waals surface area contributed by atoms with E-state index in [0.29, 0.717) is 13.0 Å². The van der Waals surface area contributed by atoms with Crippen LogP contribution in [0.2, 0.25) is 0 Å². The summed E-state index contributed by atoms with van der Waals surface area (Å²) in [5.74, 6) is -1.10. The first-order valence-corrected chi connectivity index (χ1v) is 9.40. The molecule has 1 aliphatic heterocycles. The Bertz CT molecular complexity index is 881. The van der Waals surface area contributed by atoms with Gasteiger partial charge in [-0.3, -0.25) is 4.79 Å². The molecule has 0 saturated carbocycles. The summed E-state index contributed by atoms with van der Waals surface area (Å²) in [5, 5.41) is 24.6. The van der Waals surface area contributed by atoms with Gasteiger partial charge in [0, 0.05) is 13.0 Å². The molecule has 6 heteroatoms. The molecule has 28 heavy (non-hydrogen) atoms. The van der Waals surface area contributed by atoms with Crippen molar-refractivity contribution >= 4 is 11.9 Å². The molecule has 3 N–H and O–H groups in total. The Balaban J connectivity index is 1.64. The van der Waals surface area contributed by atoms with Gasteiger partial charge in [-0.1, -0.05) is 36.4 Å². The molecular weight excluding hydrogens is 354 g/mol. The number of rotatable bonds is 6. The summed E-state index contributed by atoms with van der Waals surface area (Å²) in [7, 11) is 0. The summed E-state index contributed by atoms with van der Waals surface area (Å²) in [4.78, 5) is 23.5. The Morgan fingerprint density at radius 2 is 2.00 bits per heavy atom. The second kappa shape index (κ2) is 9.16. The van der Waals surface area contributed by atoms with Crippen molar-refractivity contribution in [3.8, 4) is 17.2 Å². The number of nitrogens with zero attached hydrogens (tertiary/aromatic N) is 1. The molecule has 2 aromatic carbocycles. The molecule has 0 aliphatic carbocycles. The monoisotopic (exact) mass is 377 g/mol. The highest BCUT2D eigenvalue weighted by atomic mass is 16.4. The van der Waals surface area contributed by atoms with Crippen molar-refractivity contribution in [1.82, 2.24) is 10.6 Å². The number of carbonyl (C=O) groups excluding carboxylic acids is 1. The molecule has 1 aliphatic rings. The van der Waals surface area contributed by atoms with E-state index in [1.807, 2.05) is 30.3 Å². The summed E-state index contributed by atoms with van der Waals surface area (Å²) < 4.78 is 0. The minimum Gasteiger partial charge on any atom is -0.478 e. The first-order chi connectivity index (χ1) is 13.6. The number of aromatic carboxylic acids is 1. The van der Waals surface area contributed by atoms with Crippen LogP contribution in [-0.4, -0.2) is 36.1 Å². The zero-order chi connectivity index (χ0) is 19.9. The van der Waals surface area contributed by atoms with Crippen molar-refractivity contribution in [2.75, 3.05) is 13.1 Å². The number of nitrogens with one attached hydrogen (secondary N) is 2. The number of piperidine rings is 1. The van der Waals surface area contributed by atoms with Gasteiger partial charge in [-0.2, -0.15) is 5.26 Å². The molecule has 2 aromatic rings. The van der Waals surface area contributed by atoms with Gasteiger partial charge in [0.1, 0.15) is 6.04 Å². The minimum absolute atomic E-state index is 0.0687. The lowest BCUT2D eigenvalue weighted by Gasteiger charge is -2.23. The second-order valence-corrected chi connectivity index (χ2v) is 7.02. The SMILES string of the molecule is N#CC(Cc1ccc(-c2cccc(C(=O)O)c2)cc1)NC(=O)C1CCCNC1. The fraction of sp³-hybridized carbons (Fsp3) is 0.318. The molecule has 1 heterocycles. The third kappa shape index (κ3) is 4.96. The first-order valence-electron chi connectivity index (χ1n) is 9.40. The number of benzene rings is 2. The molecule has 1 amide bonds. The molecule has 0 spiro atoms. The Morgan fingerprint density at radius 3 is 2.64 bits per heavy atom. The van der Waals surface area contributed by atoms with Crippen LogP contribution in [0.25, 0.3) is 11.1 Å². The average Bonchev–Trinajstić information content (AvgIpc) is 2.74. The van der Waals surface area contributed by atoms with E-state index < -0.39 is 12.0 Å². The van der Waals surface area contributed by atoms with E-state index in [0.717, 1.165) is 36.1 Å². The van der Waals surface area contributed by atoms with E-state index in [9.17, 15) is 14.9 Å². The van der Waals surface area contributed by atoms with Crippen molar-refractivity contribution < 1.29 is 14.7 Å². The molecule has 3 rings (SSSR count). The number of nitriles is 1. The number of carboxylic acid groups (broad SMARTS) is 1. The van der Waals surface area contributed by atoms with E-state index >= 15 is 0 Å². The largest absolute Gasteiger partial charge is 0.478 e. The normalized spacial score (nSPS) is 17.3. The van der Waals surface area contributed by atoms with Gasteiger partial charge < -0.3 is 15.7 Å². The smallest absolute Gasteiger partial charge is 0.335 e. The summed E-state index contributed by atoms with van der Waals surface area (Å²) in [6.07, 6.45) is 2.25. The van der Waals surface area contributed by atoms with Crippen molar-refractivity contribution in [2.45, 2.75) is 25.3 Å². The van der Waals surface area contributed by atoms with Crippen molar-refractivity contribution in [2.24, 2.45) is 5.92 Å². The molecule has 0 bridgehead atoms. The highest BCUT2D eigenvalue weighted by Gasteiger charge is 2.23. The maximum Gasteiger partial charge on any atom is 0.335 e. The fourth-order valence-electron chi connectivity index (χ4n) is 3.39. The van der Waals surface area contributed by atoms with Crippen molar-refractivity contribution in [3.05, 3.63) is 59.7 Å². The van der Waals surface area contributed by atoms with Gasteiger partial charge in [-0.25, -0.2) is 4.79 Å². The lowest BCUT2D eigenvalue weighted by atomic mass is 9.97. The Morgan fingerprint density at radius 1 is 1.21 bits per heavy atom. The first kappa shape index (κ1) is 19.6. The van der Waals surface area contributed by atoms with Crippen molar-refractivity contribution in [3.63, 3.8) is 0 Å². The van der Waals surface area contributed by atoms with E-state index in [1.165, 1.54) is 0 Å². The number of carboxylic acids is 1. The zero-order valence-electron chi connectivity index (χ0n) is 15.5. The second-order valence-electron chi connectivity index (χ2n) is 7.02. The molecule has 1 saturated heterocycles. The van der Waals surface area contributed by atoms with Crippen LogP contribution in [0.3, 0.4) is 0 Å². The average molecular weight is 377 g/mol. The molecule has 0 aromatic heterocycles. The van der Waals surface area contributed by atoms with Gasteiger partial charge in [0.05, 0.1) is 17.6 Å². The molecule has 1 fully saturated rings. The number of amides is 1. The van der Waals surface area contributed by atoms with Crippen molar-refractivity contribution in [1.29, 1.82) is 5.26 Å². The van der Waals surface area contributed by atoms with Gasteiger partial charge in [0.2, 0.25) is 5.91 Å². The number of hydrogen-bond donors (Lipinski definition) is 3. The third-order valence-corrected chi connectivity index (χ3v) is 4.98. The van der Waals surface area contributed by atoms with Gasteiger partial charge >= 0.3 is 5.97 Å². The fourth-order valence-corrected chi connectivity index (χ4v) is 3.39. The van der Waals surface area contributed by atoms with E-state index in [4.69, 9.17) is 5.11 Å². The van der Waals surface area contributed by atoms with Gasteiger partial charge in [-0.05, 0) is 48.2 Å². The van der Waals surface area contributed by atoms with Crippen LogP contribution in [0.5, 0.6) is 0 Å². The van der Waals surface area contributed by atoms with Crippen LogP contribution >= 0.6 is 0 Å². The highest BCUT2D eigenvalue weighted by Crippen LogP contribution is 2.21. The van der Waals surface area contributed by atoms with E-state index in [-0.39, 0.29) is 17.4 Å². The summed E-state index contributed by atoms with van der Waals surface area (Å²) >= 11 is 0. The third-order valence-electron chi connectivity index (χ3n) is 4.98. The summed E-state index contributed by atoms with van der Waals surface area (Å²) in [6.45, 7) is 1.60. The lowest BCUT2D eigenvalue weighted by molar-refractivity contribution is -0.125. The molecule has 2 unspecified atom stereocenters. The predicted molar refractivity (Wildman–Crippen MR) is 106 cm³/mol.